The molecule has 1 unspecified atom stereocenters. The van der Waals surface area contributed by atoms with Crippen LogP contribution in [-0.4, -0.2) is 10.2 Å². The van der Waals surface area contributed by atoms with Gasteiger partial charge in [-0.15, -0.1) is 0 Å². The van der Waals surface area contributed by atoms with Crippen LogP contribution in [0.2, 0.25) is 0 Å². The van der Waals surface area contributed by atoms with Gasteiger partial charge in [0, 0.05) is 0 Å². The van der Waals surface area contributed by atoms with Crippen molar-refractivity contribution in [3.8, 4) is 0 Å². The van der Waals surface area contributed by atoms with Gasteiger partial charge >= 0.3 is 0 Å². The number of halogens is 1. The number of unbranched alkanes of at least 4 members (excludes halogenated alkanes) is 8. The van der Waals surface area contributed by atoms with E-state index in [0.717, 1.165) is 24.7 Å². The normalized spacial score (nSPS) is 23.3. The van der Waals surface area contributed by atoms with Crippen LogP contribution < -0.4 is 0 Å². The second-order valence-corrected chi connectivity index (χ2v) is 9.59. The van der Waals surface area contributed by atoms with Crippen molar-refractivity contribution in [2.45, 2.75) is 129 Å². The van der Waals surface area contributed by atoms with Gasteiger partial charge in [-0.2, -0.15) is 0 Å². The Labute approximate surface area is 163 Å². The van der Waals surface area contributed by atoms with Crippen LogP contribution in [0.4, 0.5) is 0 Å². The third kappa shape index (κ3) is 10.2. The highest BCUT2D eigenvalue weighted by Crippen LogP contribution is 2.38. The highest BCUT2D eigenvalue weighted by atomic mass is 35.5. The molecule has 1 nitrogen and oxygen atoms in total. The Bertz CT molecular complexity index is 313. The van der Waals surface area contributed by atoms with Crippen molar-refractivity contribution in [2.75, 3.05) is 0 Å². The summed E-state index contributed by atoms with van der Waals surface area (Å²) in [5.74, 6) is 2.17. The van der Waals surface area contributed by atoms with Crippen molar-refractivity contribution in [1.29, 1.82) is 0 Å². The zero-order valence-corrected chi connectivity index (χ0v) is 18.1. The Morgan fingerprint density at radius 3 is 1.84 bits per heavy atom. The summed E-state index contributed by atoms with van der Waals surface area (Å²) in [7, 11) is 0. The van der Waals surface area contributed by atoms with Crippen molar-refractivity contribution in [1.82, 2.24) is 0 Å². The zero-order chi connectivity index (χ0) is 18.5. The van der Waals surface area contributed by atoms with Crippen LogP contribution in [0.1, 0.15) is 124 Å². The standard InChI is InChI=1S/C23H45ClO/c1-4-5-6-7-8-11-15-21-17-14-18-22(21)16-12-9-10-13-19-23(24,25)20(2)3/h20-22,25H,4-19H2,1-3H3/t21-,22-,23?/m0/s1. The molecule has 1 rings (SSSR count). The molecular formula is C23H45ClO. The maximum Gasteiger partial charge on any atom is 0.140 e. The summed E-state index contributed by atoms with van der Waals surface area (Å²) < 4.78 is 0. The van der Waals surface area contributed by atoms with E-state index in [1.807, 2.05) is 13.8 Å². The molecule has 150 valence electrons. The molecule has 0 aliphatic heterocycles. The van der Waals surface area contributed by atoms with Crippen LogP contribution in [0.3, 0.4) is 0 Å². The Hall–Kier alpha value is 0.250. The molecular weight excluding hydrogens is 328 g/mol. The van der Waals surface area contributed by atoms with E-state index >= 15 is 0 Å². The van der Waals surface area contributed by atoms with Crippen LogP contribution in [-0.2, 0) is 0 Å². The van der Waals surface area contributed by atoms with Gasteiger partial charge < -0.3 is 5.11 Å². The molecule has 3 atom stereocenters. The van der Waals surface area contributed by atoms with Crippen LogP contribution >= 0.6 is 11.6 Å². The summed E-state index contributed by atoms with van der Waals surface area (Å²) in [4.78, 5) is 0. The monoisotopic (exact) mass is 372 g/mol. The minimum absolute atomic E-state index is 0.135. The number of hydrogen-bond donors (Lipinski definition) is 1. The minimum Gasteiger partial charge on any atom is -0.375 e. The van der Waals surface area contributed by atoms with Crippen molar-refractivity contribution in [3.05, 3.63) is 0 Å². The Kier molecular flexibility index (Phi) is 12.5. The van der Waals surface area contributed by atoms with Crippen molar-refractivity contribution < 1.29 is 5.11 Å². The molecule has 0 aromatic rings. The lowest BCUT2D eigenvalue weighted by Crippen LogP contribution is -2.27. The maximum absolute atomic E-state index is 10.1. The van der Waals surface area contributed by atoms with Crippen LogP contribution in [0.15, 0.2) is 0 Å². The highest BCUT2D eigenvalue weighted by molar-refractivity contribution is 6.22. The third-order valence-electron chi connectivity index (χ3n) is 6.48. The van der Waals surface area contributed by atoms with Crippen molar-refractivity contribution in [2.24, 2.45) is 17.8 Å². The summed E-state index contributed by atoms with van der Waals surface area (Å²) >= 11 is 6.15. The van der Waals surface area contributed by atoms with Gasteiger partial charge in [-0.05, 0) is 30.6 Å². The summed E-state index contributed by atoms with van der Waals surface area (Å²) in [5, 5.41) is 9.08. The third-order valence-corrected chi connectivity index (χ3v) is 7.11. The quantitative estimate of drug-likeness (QED) is 0.227. The first kappa shape index (κ1) is 23.3. The Morgan fingerprint density at radius 1 is 0.840 bits per heavy atom. The number of rotatable bonds is 15. The molecule has 0 radical (unpaired) electrons. The SMILES string of the molecule is CCCCCCCC[C@H]1CCC[C@@H]1CCCCCCC(O)(Cl)C(C)C. The largest absolute Gasteiger partial charge is 0.375 e. The van der Waals surface area contributed by atoms with Gasteiger partial charge in [0.2, 0.25) is 0 Å². The van der Waals surface area contributed by atoms with Gasteiger partial charge in [0.15, 0.2) is 0 Å². The average molecular weight is 373 g/mol. The van der Waals surface area contributed by atoms with Crippen molar-refractivity contribution >= 4 is 11.6 Å². The van der Waals surface area contributed by atoms with Gasteiger partial charge in [-0.25, -0.2) is 0 Å². The molecule has 1 saturated carbocycles. The van der Waals surface area contributed by atoms with E-state index in [9.17, 15) is 5.11 Å². The predicted molar refractivity (Wildman–Crippen MR) is 112 cm³/mol. The topological polar surface area (TPSA) is 20.2 Å². The molecule has 0 aromatic heterocycles. The van der Waals surface area contributed by atoms with Gasteiger partial charge in [0.25, 0.3) is 0 Å². The van der Waals surface area contributed by atoms with E-state index in [1.165, 1.54) is 89.9 Å². The lowest BCUT2D eigenvalue weighted by molar-refractivity contribution is 0.0679. The fourth-order valence-corrected chi connectivity index (χ4v) is 4.62. The van der Waals surface area contributed by atoms with Crippen molar-refractivity contribution in [3.63, 3.8) is 0 Å². The average Bonchev–Trinajstić information content (AvgIpc) is 3.01. The number of aliphatic hydroxyl groups is 1. The molecule has 0 amide bonds. The van der Waals surface area contributed by atoms with Crippen LogP contribution in [0.5, 0.6) is 0 Å². The molecule has 2 heteroatoms. The second-order valence-electron chi connectivity index (χ2n) is 8.93. The van der Waals surface area contributed by atoms with Gasteiger partial charge in [0.05, 0.1) is 0 Å². The van der Waals surface area contributed by atoms with Gasteiger partial charge in [0.1, 0.15) is 5.06 Å². The number of hydrogen-bond acceptors (Lipinski definition) is 1. The Morgan fingerprint density at radius 2 is 1.32 bits per heavy atom. The molecule has 1 fully saturated rings. The predicted octanol–water partition coefficient (Wildman–Crippen LogP) is 8.08. The van der Waals surface area contributed by atoms with E-state index in [2.05, 4.69) is 6.92 Å². The minimum atomic E-state index is -0.992. The zero-order valence-electron chi connectivity index (χ0n) is 17.4. The molecule has 0 aromatic carbocycles. The lowest BCUT2D eigenvalue weighted by Gasteiger charge is -2.24. The van der Waals surface area contributed by atoms with E-state index < -0.39 is 5.06 Å². The summed E-state index contributed by atoms with van der Waals surface area (Å²) in [6, 6.07) is 0. The first-order chi connectivity index (χ1) is 12.0. The molecule has 0 heterocycles. The van der Waals surface area contributed by atoms with E-state index in [4.69, 9.17) is 11.6 Å². The van der Waals surface area contributed by atoms with Crippen LogP contribution in [0.25, 0.3) is 0 Å². The van der Waals surface area contributed by atoms with E-state index in [0.29, 0.717) is 0 Å². The summed E-state index contributed by atoms with van der Waals surface area (Å²) in [6.45, 7) is 6.29. The smallest absolute Gasteiger partial charge is 0.140 e. The van der Waals surface area contributed by atoms with E-state index in [1.54, 1.807) is 0 Å². The molecule has 0 saturated heterocycles. The number of alkyl halides is 1. The molecule has 1 aliphatic rings. The second kappa shape index (κ2) is 13.4. The summed E-state index contributed by atoms with van der Waals surface area (Å²) in [5.41, 5.74) is 0. The van der Waals surface area contributed by atoms with E-state index in [-0.39, 0.29) is 5.92 Å². The van der Waals surface area contributed by atoms with Gasteiger partial charge in [-0.3, -0.25) is 0 Å². The van der Waals surface area contributed by atoms with Crippen LogP contribution in [0, 0.1) is 17.8 Å². The maximum atomic E-state index is 10.1. The molecule has 0 bridgehead atoms. The molecule has 1 N–H and O–H groups in total. The summed E-state index contributed by atoms with van der Waals surface area (Å²) in [6.07, 6.45) is 21.7. The molecule has 1 aliphatic carbocycles. The van der Waals surface area contributed by atoms with Gasteiger partial charge in [-0.1, -0.05) is 122 Å². The first-order valence-corrected chi connectivity index (χ1v) is 11.8. The lowest BCUT2D eigenvalue weighted by atomic mass is 9.86. The highest BCUT2D eigenvalue weighted by Gasteiger charge is 2.27. The molecule has 0 spiro atoms. The Balaban J connectivity index is 2.03. The fraction of sp³-hybridized carbons (Fsp3) is 1.00. The molecule has 25 heavy (non-hydrogen) atoms. The first-order valence-electron chi connectivity index (χ1n) is 11.4. The fourth-order valence-electron chi connectivity index (χ4n) is 4.48.